The molecule has 16 heavy (non-hydrogen) atoms. The van der Waals surface area contributed by atoms with E-state index in [1.54, 1.807) is 5.70 Å². The first kappa shape index (κ1) is 17.9. The van der Waals surface area contributed by atoms with E-state index in [0.717, 1.165) is 38.1 Å². The molecule has 0 fully saturated rings. The van der Waals surface area contributed by atoms with Gasteiger partial charge in [-0.05, 0) is 18.9 Å². The first-order valence-corrected chi connectivity index (χ1v) is 15.4. The summed E-state index contributed by atoms with van der Waals surface area (Å²) in [6, 6.07) is -4.23. The molecule has 0 spiro atoms. The lowest BCUT2D eigenvalue weighted by atomic mass is 10.1. The summed E-state index contributed by atoms with van der Waals surface area (Å²) in [4.78, 5) is 0. The van der Waals surface area contributed by atoms with Crippen molar-refractivity contribution >= 4 is 78.5 Å². The van der Waals surface area contributed by atoms with Gasteiger partial charge in [0, 0.05) is 0 Å². The lowest BCUT2D eigenvalue weighted by molar-refractivity contribution is 0.673. The third kappa shape index (κ3) is 15.9. The Kier molecular flexibility index (Phi) is 9.99. The van der Waals surface area contributed by atoms with Crippen molar-refractivity contribution in [3.63, 3.8) is 0 Å². The first-order valence-electron chi connectivity index (χ1n) is 5.02. The van der Waals surface area contributed by atoms with Gasteiger partial charge in [-0.2, -0.15) is 0 Å². The molecule has 96 valence electrons. The molecule has 0 saturated heterocycles. The predicted molar refractivity (Wildman–Crippen MR) is 83.7 cm³/mol. The molecule has 0 unspecified atom stereocenters. The second-order valence-corrected chi connectivity index (χ2v) is 21.3. The topological polar surface area (TPSA) is 0 Å². The van der Waals surface area contributed by atoms with Crippen molar-refractivity contribution in [1.29, 1.82) is 0 Å². The van der Waals surface area contributed by atoms with E-state index < -0.39 is 12.0 Å². The summed E-state index contributed by atoms with van der Waals surface area (Å²) in [7, 11) is 0. The summed E-state index contributed by atoms with van der Waals surface area (Å²) >= 11 is 34.4. The fraction of sp³-hybridized carbons (Fsp3) is 0.750. The third-order valence-electron chi connectivity index (χ3n) is 1.89. The van der Waals surface area contributed by atoms with E-state index in [1.807, 2.05) is 6.08 Å². The molecule has 0 aromatic rings. The summed E-state index contributed by atoms with van der Waals surface area (Å²) in [5.74, 6) is 0. The Balaban J connectivity index is 3.32. The molecule has 0 amide bonds. The molecule has 0 aliphatic heterocycles. The minimum Gasteiger partial charge on any atom is -0.126 e. The van der Waals surface area contributed by atoms with Crippen LogP contribution in [0.15, 0.2) is 11.8 Å². The molecular weight excluding hydrogens is 365 g/mol. The van der Waals surface area contributed by atoms with Crippen molar-refractivity contribution in [2.75, 3.05) is 0 Å². The van der Waals surface area contributed by atoms with E-state index in [9.17, 15) is 0 Å². The van der Waals surface area contributed by atoms with Crippen molar-refractivity contribution in [3.8, 4) is 0 Å². The zero-order valence-electron chi connectivity index (χ0n) is 8.67. The minimum atomic E-state index is -2.57. The van der Waals surface area contributed by atoms with Gasteiger partial charge in [0.25, 0.3) is 0 Å². The number of unbranched alkanes of at least 4 members (excludes halogenated alkanes) is 4. The van der Waals surface area contributed by atoms with Crippen LogP contribution < -0.4 is 0 Å². The lowest BCUT2D eigenvalue weighted by Crippen LogP contribution is -2.07. The van der Waals surface area contributed by atoms with Gasteiger partial charge in [0.2, 0.25) is 0 Å². The monoisotopic (exact) mass is 376 g/mol. The Bertz CT molecular complexity index is 208. The summed E-state index contributed by atoms with van der Waals surface area (Å²) in [6.45, 7) is 0. The molecular formula is C8H14Cl6Si2. The minimum absolute atomic E-state index is 0.745. The smallest absolute Gasteiger partial charge is 0.126 e. The Morgan fingerprint density at radius 1 is 0.750 bits per heavy atom. The molecule has 0 aromatic heterocycles. The average Bonchev–Trinajstić information content (AvgIpc) is 2.06. The molecule has 0 nitrogen and oxygen atoms in total. The highest BCUT2D eigenvalue weighted by molar-refractivity contribution is 7.66. The standard InChI is InChI=1S/C8H14Cl6Si2/c9-15(10,11)7-5-3-1-2-4-6-8-16(12,13)14/h5,7H,1-4,6,8H2. The number of halogens is 6. The Labute approximate surface area is 127 Å². The van der Waals surface area contributed by atoms with Crippen LogP contribution in [0.4, 0.5) is 0 Å². The maximum absolute atomic E-state index is 5.77. The van der Waals surface area contributed by atoms with Gasteiger partial charge in [-0.25, -0.2) is 0 Å². The Morgan fingerprint density at radius 2 is 1.31 bits per heavy atom. The van der Waals surface area contributed by atoms with E-state index in [2.05, 4.69) is 0 Å². The molecule has 0 aromatic carbocycles. The number of rotatable bonds is 8. The van der Waals surface area contributed by atoms with Crippen molar-refractivity contribution in [1.82, 2.24) is 0 Å². The normalized spacial score (nSPS) is 13.6. The molecule has 0 N–H and O–H groups in total. The first-order chi connectivity index (χ1) is 7.21. The second-order valence-electron chi connectivity index (χ2n) is 3.51. The molecule has 0 heterocycles. The molecule has 8 heteroatoms. The summed E-state index contributed by atoms with van der Waals surface area (Å²) in [5, 5.41) is 0. The van der Waals surface area contributed by atoms with Crippen molar-refractivity contribution in [2.45, 2.75) is 38.1 Å². The van der Waals surface area contributed by atoms with E-state index in [1.165, 1.54) is 0 Å². The summed E-state index contributed by atoms with van der Waals surface area (Å²) in [5.41, 5.74) is 1.71. The molecule has 0 atom stereocenters. The van der Waals surface area contributed by atoms with Gasteiger partial charge in [-0.15, -0.1) is 66.5 Å². The zero-order valence-corrected chi connectivity index (χ0v) is 15.2. The maximum atomic E-state index is 5.77. The number of allylic oxidation sites excluding steroid dienone is 1. The fourth-order valence-electron chi connectivity index (χ4n) is 1.16. The van der Waals surface area contributed by atoms with Crippen molar-refractivity contribution in [3.05, 3.63) is 11.8 Å². The van der Waals surface area contributed by atoms with Crippen LogP contribution in [-0.2, 0) is 0 Å². The average molecular weight is 379 g/mol. The number of hydrogen-bond acceptors (Lipinski definition) is 0. The zero-order chi connectivity index (χ0) is 12.7. The van der Waals surface area contributed by atoms with Gasteiger partial charge in [0.05, 0.1) is 0 Å². The maximum Gasteiger partial charge on any atom is 0.365 e. The van der Waals surface area contributed by atoms with Crippen LogP contribution in [0.3, 0.4) is 0 Å². The second kappa shape index (κ2) is 8.92. The van der Waals surface area contributed by atoms with Crippen LogP contribution >= 0.6 is 66.5 Å². The molecule has 0 saturated carbocycles. The molecule has 0 aliphatic rings. The van der Waals surface area contributed by atoms with Crippen LogP contribution in [0.2, 0.25) is 6.04 Å². The van der Waals surface area contributed by atoms with E-state index in [4.69, 9.17) is 66.5 Å². The van der Waals surface area contributed by atoms with Crippen LogP contribution in [0.5, 0.6) is 0 Å². The van der Waals surface area contributed by atoms with Gasteiger partial charge >= 0.3 is 12.0 Å². The van der Waals surface area contributed by atoms with Crippen molar-refractivity contribution in [2.24, 2.45) is 0 Å². The van der Waals surface area contributed by atoms with Gasteiger partial charge < -0.3 is 0 Å². The Morgan fingerprint density at radius 3 is 1.81 bits per heavy atom. The van der Waals surface area contributed by atoms with Crippen LogP contribution in [0, 0.1) is 0 Å². The quantitative estimate of drug-likeness (QED) is 0.262. The van der Waals surface area contributed by atoms with Gasteiger partial charge in [0.15, 0.2) is 0 Å². The van der Waals surface area contributed by atoms with E-state index >= 15 is 0 Å². The number of hydrogen-bond donors (Lipinski definition) is 0. The largest absolute Gasteiger partial charge is 0.365 e. The fourth-order valence-corrected chi connectivity index (χ4v) is 4.25. The Hall–Kier alpha value is 1.91. The van der Waals surface area contributed by atoms with Crippen LogP contribution in [0.1, 0.15) is 32.1 Å². The van der Waals surface area contributed by atoms with Gasteiger partial charge in [0.1, 0.15) is 0 Å². The molecule has 0 rings (SSSR count). The highest BCUT2D eigenvalue weighted by atomic mass is 35.8. The highest BCUT2D eigenvalue weighted by Gasteiger charge is 2.23. The van der Waals surface area contributed by atoms with Crippen molar-refractivity contribution < 1.29 is 0 Å². The molecule has 0 bridgehead atoms. The van der Waals surface area contributed by atoms with Crippen LogP contribution in [-0.4, -0.2) is 12.0 Å². The van der Waals surface area contributed by atoms with E-state index in [0.29, 0.717) is 0 Å². The van der Waals surface area contributed by atoms with Crippen LogP contribution in [0.25, 0.3) is 0 Å². The van der Waals surface area contributed by atoms with Gasteiger partial charge in [-0.1, -0.05) is 31.0 Å². The molecule has 0 aliphatic carbocycles. The third-order valence-corrected chi connectivity index (χ3v) is 6.26. The van der Waals surface area contributed by atoms with Gasteiger partial charge in [-0.3, -0.25) is 0 Å². The predicted octanol–water partition coefficient (Wildman–Crippen LogP) is 6.34. The lowest BCUT2D eigenvalue weighted by Gasteiger charge is -2.06. The molecule has 0 radical (unpaired) electrons. The van der Waals surface area contributed by atoms with E-state index in [-0.39, 0.29) is 0 Å². The summed E-state index contributed by atoms with van der Waals surface area (Å²) in [6.07, 6.45) is 7.20. The summed E-state index contributed by atoms with van der Waals surface area (Å²) < 4.78 is 0. The SMILES string of the molecule is Cl[Si](Cl)(Cl)C=CCCCCCC[Si](Cl)(Cl)Cl. The highest BCUT2D eigenvalue weighted by Crippen LogP contribution is 2.27.